The lowest BCUT2D eigenvalue weighted by molar-refractivity contribution is -0.120. The van der Waals surface area contributed by atoms with E-state index in [1.54, 1.807) is 0 Å². The number of para-hydroxylation sites is 1. The maximum atomic E-state index is 12.8. The summed E-state index contributed by atoms with van der Waals surface area (Å²) in [6.45, 7) is 4.60. The van der Waals surface area contributed by atoms with Crippen LogP contribution in [0.4, 0.5) is 5.69 Å². The smallest absolute Gasteiger partial charge is 0.255 e. The maximum Gasteiger partial charge on any atom is 0.255 e. The molecule has 1 aromatic carbocycles. The highest BCUT2D eigenvalue weighted by Crippen LogP contribution is 2.23. The van der Waals surface area contributed by atoms with Gasteiger partial charge >= 0.3 is 0 Å². The van der Waals surface area contributed by atoms with Gasteiger partial charge < -0.3 is 15.5 Å². The summed E-state index contributed by atoms with van der Waals surface area (Å²) >= 11 is 0. The van der Waals surface area contributed by atoms with Crippen molar-refractivity contribution in [2.75, 3.05) is 25.0 Å². The van der Waals surface area contributed by atoms with Gasteiger partial charge in [-0.25, -0.2) is 0 Å². The largest absolute Gasteiger partial charge is 0.339 e. The van der Waals surface area contributed by atoms with Gasteiger partial charge in [0.05, 0.1) is 11.3 Å². The molecule has 25 heavy (non-hydrogen) atoms. The molecule has 1 aromatic rings. The minimum absolute atomic E-state index is 0. The van der Waals surface area contributed by atoms with Crippen molar-refractivity contribution in [2.45, 2.75) is 45.1 Å². The van der Waals surface area contributed by atoms with E-state index in [0.717, 1.165) is 45.3 Å². The van der Waals surface area contributed by atoms with E-state index >= 15 is 0 Å². The summed E-state index contributed by atoms with van der Waals surface area (Å²) in [6, 6.07) is 7.74. The lowest BCUT2D eigenvalue weighted by atomic mass is 9.92. The summed E-state index contributed by atoms with van der Waals surface area (Å²) in [4.78, 5) is 27.3. The van der Waals surface area contributed by atoms with Gasteiger partial charge in [0.25, 0.3) is 5.91 Å². The molecule has 2 aliphatic rings. The molecule has 2 aliphatic heterocycles. The normalized spacial score (nSPS) is 23.5. The van der Waals surface area contributed by atoms with Crippen molar-refractivity contribution in [1.29, 1.82) is 0 Å². The molecular formula is C19H28ClN3O2. The molecule has 0 saturated carbocycles. The Morgan fingerprint density at radius 3 is 2.60 bits per heavy atom. The third-order valence-corrected chi connectivity index (χ3v) is 5.05. The van der Waals surface area contributed by atoms with E-state index < -0.39 is 0 Å². The minimum atomic E-state index is 0. The summed E-state index contributed by atoms with van der Waals surface area (Å²) in [7, 11) is 0. The minimum Gasteiger partial charge on any atom is -0.339 e. The number of anilines is 1. The number of likely N-dealkylation sites (tertiary alicyclic amines) is 1. The molecule has 2 heterocycles. The zero-order valence-corrected chi connectivity index (χ0v) is 15.6. The van der Waals surface area contributed by atoms with Crippen LogP contribution in [0.1, 0.15) is 49.4 Å². The Morgan fingerprint density at radius 1 is 1.16 bits per heavy atom. The summed E-state index contributed by atoms with van der Waals surface area (Å²) in [5.41, 5.74) is 1.25. The standard InChI is InChI=1S/C19H27N3O2.ClH/c1-14-13-15(9-10-20-14)18(23)21-17-8-4-3-7-16(17)19(24)22-11-5-2-6-12-22;/h3-4,7-8,14-15,20H,2,5-6,9-13H2,1H3,(H,21,23);1H/t14-,15-;/m0./s1. The second-order valence-corrected chi connectivity index (χ2v) is 6.96. The van der Waals surface area contributed by atoms with E-state index in [9.17, 15) is 9.59 Å². The first-order chi connectivity index (χ1) is 11.6. The molecule has 2 atom stereocenters. The van der Waals surface area contributed by atoms with Crippen LogP contribution < -0.4 is 10.6 Å². The molecule has 0 radical (unpaired) electrons. The molecule has 2 N–H and O–H groups in total. The highest BCUT2D eigenvalue weighted by Gasteiger charge is 2.26. The molecule has 2 fully saturated rings. The van der Waals surface area contributed by atoms with E-state index in [0.29, 0.717) is 17.3 Å². The Morgan fingerprint density at radius 2 is 1.88 bits per heavy atom. The highest BCUT2D eigenvalue weighted by molar-refractivity contribution is 6.04. The fourth-order valence-corrected chi connectivity index (χ4v) is 3.65. The molecule has 2 amide bonds. The SMILES string of the molecule is C[C@H]1C[C@@H](C(=O)Nc2ccccc2C(=O)N2CCCCC2)CCN1.Cl. The van der Waals surface area contributed by atoms with Crippen LogP contribution in [0.5, 0.6) is 0 Å². The van der Waals surface area contributed by atoms with Crippen LogP contribution >= 0.6 is 12.4 Å². The van der Waals surface area contributed by atoms with Gasteiger partial charge in [-0.3, -0.25) is 9.59 Å². The predicted octanol–water partition coefficient (Wildman–Crippen LogP) is 3.06. The van der Waals surface area contributed by atoms with Crippen molar-refractivity contribution in [3.8, 4) is 0 Å². The molecule has 3 rings (SSSR count). The van der Waals surface area contributed by atoms with Gasteiger partial charge in [-0.1, -0.05) is 12.1 Å². The van der Waals surface area contributed by atoms with Crippen LogP contribution in [0.25, 0.3) is 0 Å². The van der Waals surface area contributed by atoms with Crippen LogP contribution in [-0.2, 0) is 4.79 Å². The number of nitrogens with one attached hydrogen (secondary N) is 2. The maximum absolute atomic E-state index is 12.8. The van der Waals surface area contributed by atoms with Gasteiger partial charge in [-0.2, -0.15) is 0 Å². The van der Waals surface area contributed by atoms with E-state index in [1.807, 2.05) is 29.2 Å². The second kappa shape index (κ2) is 9.20. The number of amides is 2. The van der Waals surface area contributed by atoms with Crippen LogP contribution in [0.15, 0.2) is 24.3 Å². The fourth-order valence-electron chi connectivity index (χ4n) is 3.65. The average molecular weight is 366 g/mol. The van der Waals surface area contributed by atoms with Crippen molar-refractivity contribution >= 4 is 29.9 Å². The monoisotopic (exact) mass is 365 g/mol. The van der Waals surface area contributed by atoms with Crippen molar-refractivity contribution in [3.05, 3.63) is 29.8 Å². The molecule has 0 spiro atoms. The lowest BCUT2D eigenvalue weighted by Crippen LogP contribution is -2.40. The topological polar surface area (TPSA) is 61.4 Å². The Hall–Kier alpha value is -1.59. The number of carbonyl (C=O) groups excluding carboxylic acids is 2. The quantitative estimate of drug-likeness (QED) is 0.865. The van der Waals surface area contributed by atoms with Gasteiger partial charge in [-0.15, -0.1) is 12.4 Å². The Bertz CT molecular complexity index is 602. The van der Waals surface area contributed by atoms with Gasteiger partial charge in [0, 0.05) is 25.0 Å². The predicted molar refractivity (Wildman–Crippen MR) is 102 cm³/mol. The number of rotatable bonds is 3. The molecule has 0 bridgehead atoms. The molecule has 6 heteroatoms. The zero-order valence-electron chi connectivity index (χ0n) is 14.8. The number of halogens is 1. The van der Waals surface area contributed by atoms with Crippen molar-refractivity contribution in [2.24, 2.45) is 5.92 Å². The fraction of sp³-hybridized carbons (Fsp3) is 0.579. The first-order valence-corrected chi connectivity index (χ1v) is 9.07. The molecule has 138 valence electrons. The Labute approximate surface area is 155 Å². The first kappa shape index (κ1) is 19.7. The average Bonchev–Trinajstić information content (AvgIpc) is 2.62. The number of hydrogen-bond acceptors (Lipinski definition) is 3. The van der Waals surface area contributed by atoms with Crippen LogP contribution in [0, 0.1) is 5.92 Å². The molecule has 0 unspecified atom stereocenters. The van der Waals surface area contributed by atoms with Gasteiger partial charge in [0.15, 0.2) is 0 Å². The second-order valence-electron chi connectivity index (χ2n) is 6.96. The van der Waals surface area contributed by atoms with Crippen molar-refractivity contribution in [3.63, 3.8) is 0 Å². The number of piperidine rings is 2. The van der Waals surface area contributed by atoms with Crippen molar-refractivity contribution < 1.29 is 9.59 Å². The number of benzene rings is 1. The van der Waals surface area contributed by atoms with E-state index in [-0.39, 0.29) is 30.1 Å². The summed E-state index contributed by atoms with van der Waals surface area (Å²) in [6.07, 6.45) is 5.00. The van der Waals surface area contributed by atoms with Gasteiger partial charge in [-0.05, 0) is 57.7 Å². The third-order valence-electron chi connectivity index (χ3n) is 5.05. The van der Waals surface area contributed by atoms with Crippen LogP contribution in [0.3, 0.4) is 0 Å². The third kappa shape index (κ3) is 4.95. The molecular weight excluding hydrogens is 338 g/mol. The molecule has 5 nitrogen and oxygen atoms in total. The van der Waals surface area contributed by atoms with Crippen LogP contribution in [0.2, 0.25) is 0 Å². The van der Waals surface area contributed by atoms with E-state index in [4.69, 9.17) is 0 Å². The van der Waals surface area contributed by atoms with Gasteiger partial charge in [0.1, 0.15) is 0 Å². The number of nitrogens with zero attached hydrogens (tertiary/aromatic N) is 1. The number of carbonyl (C=O) groups is 2. The number of hydrogen-bond donors (Lipinski definition) is 2. The summed E-state index contributed by atoms with van der Waals surface area (Å²) in [5, 5.41) is 6.37. The van der Waals surface area contributed by atoms with Crippen LogP contribution in [-0.4, -0.2) is 42.4 Å². The molecule has 2 saturated heterocycles. The summed E-state index contributed by atoms with van der Waals surface area (Å²) < 4.78 is 0. The van der Waals surface area contributed by atoms with Crippen molar-refractivity contribution in [1.82, 2.24) is 10.2 Å². The summed E-state index contributed by atoms with van der Waals surface area (Å²) in [5.74, 6) is 0.0749. The lowest BCUT2D eigenvalue weighted by Gasteiger charge is -2.29. The first-order valence-electron chi connectivity index (χ1n) is 9.07. The van der Waals surface area contributed by atoms with E-state index in [1.165, 1.54) is 6.42 Å². The van der Waals surface area contributed by atoms with Gasteiger partial charge in [0.2, 0.25) is 5.91 Å². The molecule has 0 aromatic heterocycles. The Balaban J connectivity index is 0.00000225. The Kier molecular flexibility index (Phi) is 7.26. The molecule has 0 aliphatic carbocycles. The van der Waals surface area contributed by atoms with E-state index in [2.05, 4.69) is 17.6 Å². The zero-order chi connectivity index (χ0) is 16.9. The highest BCUT2D eigenvalue weighted by atomic mass is 35.5.